The Balaban J connectivity index is 2.43. The number of rotatable bonds is 1. The van der Waals surface area contributed by atoms with E-state index in [1.807, 2.05) is 0 Å². The first-order valence-electron chi connectivity index (χ1n) is 5.14. The van der Waals surface area contributed by atoms with Gasteiger partial charge in [-0.15, -0.1) is 0 Å². The summed E-state index contributed by atoms with van der Waals surface area (Å²) in [5.41, 5.74) is 6.16. The van der Waals surface area contributed by atoms with Gasteiger partial charge in [0.15, 0.2) is 0 Å². The number of anilines is 1. The number of nitrogen functional groups attached to an aromatic ring is 1. The van der Waals surface area contributed by atoms with Crippen molar-refractivity contribution in [1.29, 1.82) is 0 Å². The van der Waals surface area contributed by atoms with Crippen molar-refractivity contribution in [2.75, 3.05) is 5.73 Å². The van der Waals surface area contributed by atoms with Gasteiger partial charge in [0.05, 0.1) is 5.56 Å². The van der Waals surface area contributed by atoms with E-state index in [0.717, 1.165) is 12.1 Å². The van der Waals surface area contributed by atoms with Crippen LogP contribution in [0.15, 0.2) is 42.5 Å². The Hall–Kier alpha value is -2.17. The zero-order valence-corrected chi connectivity index (χ0v) is 9.20. The van der Waals surface area contributed by atoms with Crippen molar-refractivity contribution >= 4 is 5.69 Å². The first-order chi connectivity index (χ1) is 8.38. The maximum atomic E-state index is 12.4. The summed E-state index contributed by atoms with van der Waals surface area (Å²) in [5, 5.41) is 9.64. The molecule has 2 rings (SSSR count). The van der Waals surface area contributed by atoms with E-state index in [1.54, 1.807) is 0 Å². The van der Waals surface area contributed by atoms with Crippen LogP contribution in [0.3, 0.4) is 0 Å². The molecule has 0 saturated heterocycles. The monoisotopic (exact) mass is 253 g/mol. The molecule has 0 aliphatic carbocycles. The van der Waals surface area contributed by atoms with Gasteiger partial charge in [0.25, 0.3) is 0 Å². The molecule has 5 heteroatoms. The van der Waals surface area contributed by atoms with Gasteiger partial charge in [-0.05, 0) is 35.9 Å². The van der Waals surface area contributed by atoms with Crippen LogP contribution in [0, 0.1) is 0 Å². The summed E-state index contributed by atoms with van der Waals surface area (Å²) in [7, 11) is 0. The number of halogens is 3. The van der Waals surface area contributed by atoms with Crippen molar-refractivity contribution in [3.63, 3.8) is 0 Å². The van der Waals surface area contributed by atoms with Crippen molar-refractivity contribution in [3.05, 3.63) is 48.0 Å². The van der Waals surface area contributed by atoms with Gasteiger partial charge in [0.2, 0.25) is 0 Å². The van der Waals surface area contributed by atoms with Gasteiger partial charge in [-0.1, -0.05) is 12.1 Å². The van der Waals surface area contributed by atoms with Crippen molar-refractivity contribution < 1.29 is 18.3 Å². The minimum atomic E-state index is -4.36. The van der Waals surface area contributed by atoms with Crippen molar-refractivity contribution in [1.82, 2.24) is 0 Å². The molecule has 0 spiro atoms. The Bertz CT molecular complexity index is 561. The molecule has 2 aromatic carbocycles. The van der Waals surface area contributed by atoms with Crippen molar-refractivity contribution in [2.45, 2.75) is 6.18 Å². The number of phenolic OH excluding ortho intramolecular Hbond substituents is 1. The van der Waals surface area contributed by atoms with Crippen LogP contribution in [0.5, 0.6) is 5.75 Å². The molecule has 0 radical (unpaired) electrons. The molecule has 0 bridgehead atoms. The molecule has 2 aromatic rings. The average Bonchev–Trinajstić information content (AvgIpc) is 2.31. The number of hydrogen-bond donors (Lipinski definition) is 2. The lowest BCUT2D eigenvalue weighted by Gasteiger charge is -2.09. The molecule has 0 heterocycles. The molecule has 0 atom stereocenters. The topological polar surface area (TPSA) is 46.2 Å². The summed E-state index contributed by atoms with van der Waals surface area (Å²) < 4.78 is 37.2. The Labute approximate surface area is 101 Å². The second kappa shape index (κ2) is 4.25. The van der Waals surface area contributed by atoms with E-state index in [1.165, 1.54) is 30.3 Å². The number of nitrogens with two attached hydrogens (primary N) is 1. The van der Waals surface area contributed by atoms with E-state index in [9.17, 15) is 18.3 Å². The summed E-state index contributed by atoms with van der Waals surface area (Å²) in [6.07, 6.45) is -4.36. The first kappa shape index (κ1) is 12.3. The summed E-state index contributed by atoms with van der Waals surface area (Å²) in [6, 6.07) is 8.98. The van der Waals surface area contributed by atoms with Crippen LogP contribution in [0.2, 0.25) is 0 Å². The highest BCUT2D eigenvalue weighted by Gasteiger charge is 2.30. The second-order valence-corrected chi connectivity index (χ2v) is 3.85. The number of hydrogen-bond acceptors (Lipinski definition) is 2. The van der Waals surface area contributed by atoms with Gasteiger partial charge in [0, 0.05) is 11.3 Å². The lowest BCUT2D eigenvalue weighted by Crippen LogP contribution is -2.04. The number of alkyl halides is 3. The van der Waals surface area contributed by atoms with Crippen LogP contribution in [-0.4, -0.2) is 5.11 Å². The number of phenols is 1. The smallest absolute Gasteiger partial charge is 0.416 e. The summed E-state index contributed by atoms with van der Waals surface area (Å²) >= 11 is 0. The third kappa shape index (κ3) is 2.40. The fourth-order valence-electron chi connectivity index (χ4n) is 1.62. The van der Waals surface area contributed by atoms with Crippen LogP contribution in [0.25, 0.3) is 11.1 Å². The minimum absolute atomic E-state index is 0.0241. The SMILES string of the molecule is Nc1ccc(O)c(-c2ccc(C(F)(F)F)cc2)c1. The summed E-state index contributed by atoms with van der Waals surface area (Å²) in [5.74, 6) is -0.0241. The van der Waals surface area contributed by atoms with E-state index in [-0.39, 0.29) is 5.75 Å². The Morgan fingerprint density at radius 1 is 0.944 bits per heavy atom. The highest BCUT2D eigenvalue weighted by molar-refractivity contribution is 5.73. The van der Waals surface area contributed by atoms with Crippen molar-refractivity contribution in [3.8, 4) is 16.9 Å². The fraction of sp³-hybridized carbons (Fsp3) is 0.0769. The zero-order chi connectivity index (χ0) is 13.3. The second-order valence-electron chi connectivity index (χ2n) is 3.85. The number of aromatic hydroxyl groups is 1. The van der Waals surface area contributed by atoms with E-state index >= 15 is 0 Å². The van der Waals surface area contributed by atoms with E-state index < -0.39 is 11.7 Å². The molecule has 0 amide bonds. The molecule has 18 heavy (non-hydrogen) atoms. The third-order valence-electron chi connectivity index (χ3n) is 2.54. The molecule has 0 aliphatic heterocycles. The van der Waals surface area contributed by atoms with Gasteiger partial charge in [-0.2, -0.15) is 13.2 Å². The number of benzene rings is 2. The van der Waals surface area contributed by atoms with Crippen molar-refractivity contribution in [2.24, 2.45) is 0 Å². The Morgan fingerprint density at radius 2 is 1.56 bits per heavy atom. The maximum absolute atomic E-state index is 12.4. The molecular weight excluding hydrogens is 243 g/mol. The first-order valence-corrected chi connectivity index (χ1v) is 5.14. The molecular formula is C13H10F3NO. The Morgan fingerprint density at radius 3 is 2.11 bits per heavy atom. The van der Waals surface area contributed by atoms with Crippen LogP contribution >= 0.6 is 0 Å². The molecule has 0 unspecified atom stereocenters. The largest absolute Gasteiger partial charge is 0.507 e. The van der Waals surface area contributed by atoms with Gasteiger partial charge in [-0.3, -0.25) is 0 Å². The van der Waals surface area contributed by atoms with Crippen LogP contribution in [0.4, 0.5) is 18.9 Å². The molecule has 0 aliphatic rings. The van der Waals surface area contributed by atoms with Gasteiger partial charge < -0.3 is 10.8 Å². The van der Waals surface area contributed by atoms with Crippen LogP contribution in [-0.2, 0) is 6.18 Å². The molecule has 2 nitrogen and oxygen atoms in total. The van der Waals surface area contributed by atoms with Gasteiger partial charge >= 0.3 is 6.18 Å². The minimum Gasteiger partial charge on any atom is -0.507 e. The van der Waals surface area contributed by atoms with E-state index in [4.69, 9.17) is 5.73 Å². The van der Waals surface area contributed by atoms with Gasteiger partial charge in [0.1, 0.15) is 5.75 Å². The molecule has 0 saturated carbocycles. The lowest BCUT2D eigenvalue weighted by atomic mass is 10.0. The van der Waals surface area contributed by atoms with Crippen LogP contribution in [0.1, 0.15) is 5.56 Å². The standard InChI is InChI=1S/C13H10F3NO/c14-13(15,16)9-3-1-8(2-4-9)11-7-10(17)5-6-12(11)18/h1-7,18H,17H2. The Kier molecular flexibility index (Phi) is 2.90. The normalized spacial score (nSPS) is 11.5. The summed E-state index contributed by atoms with van der Waals surface area (Å²) in [6.45, 7) is 0. The quantitative estimate of drug-likeness (QED) is 0.601. The highest BCUT2D eigenvalue weighted by atomic mass is 19.4. The molecule has 3 N–H and O–H groups in total. The predicted octanol–water partition coefficient (Wildman–Crippen LogP) is 3.66. The maximum Gasteiger partial charge on any atom is 0.416 e. The third-order valence-corrected chi connectivity index (χ3v) is 2.54. The van der Waals surface area contributed by atoms with Crippen LogP contribution < -0.4 is 5.73 Å². The summed E-state index contributed by atoms with van der Waals surface area (Å²) in [4.78, 5) is 0. The average molecular weight is 253 g/mol. The predicted molar refractivity (Wildman–Crippen MR) is 63.0 cm³/mol. The lowest BCUT2D eigenvalue weighted by molar-refractivity contribution is -0.137. The highest BCUT2D eigenvalue weighted by Crippen LogP contribution is 2.34. The molecule has 0 fully saturated rings. The van der Waals surface area contributed by atoms with E-state index in [2.05, 4.69) is 0 Å². The zero-order valence-electron chi connectivity index (χ0n) is 9.20. The van der Waals surface area contributed by atoms with E-state index in [0.29, 0.717) is 16.8 Å². The fourth-order valence-corrected chi connectivity index (χ4v) is 1.62. The molecule has 94 valence electrons. The van der Waals surface area contributed by atoms with Gasteiger partial charge in [-0.25, -0.2) is 0 Å². The molecule has 0 aromatic heterocycles.